The molecule has 0 fully saturated rings. The van der Waals surface area contributed by atoms with Gasteiger partial charge in [0.2, 0.25) is 0 Å². The second kappa shape index (κ2) is 9.97. The van der Waals surface area contributed by atoms with Crippen LogP contribution in [0.15, 0.2) is 48.5 Å². The smallest absolute Gasteiger partial charge is 0.265 e. The van der Waals surface area contributed by atoms with Gasteiger partial charge in [0.15, 0.2) is 6.10 Å². The fraction of sp³-hybridized carbons (Fsp3) is 0.333. The van der Waals surface area contributed by atoms with Crippen LogP contribution in [-0.4, -0.2) is 24.0 Å². The van der Waals surface area contributed by atoms with Gasteiger partial charge in [-0.25, -0.2) is 0 Å². The van der Waals surface area contributed by atoms with E-state index in [4.69, 9.17) is 16.3 Å². The first-order valence-corrected chi connectivity index (χ1v) is 9.46. The highest BCUT2D eigenvalue weighted by molar-refractivity contribution is 6.32. The molecule has 6 heteroatoms. The number of para-hydroxylation sites is 2. The number of nitrogens with one attached hydrogen (secondary N) is 2. The standard InChI is InChI=1S/C21H25ClN2O3/c1-4-14(3)23-20(25)15-10-6-8-12-17(15)24-21(26)18(5-2)27-19-13-9-7-11-16(19)22/h6-14,18H,4-5H2,1-3H3,(H,23,25)(H,24,26)/t14-,18+/m1/s1. The van der Waals surface area contributed by atoms with Crippen LogP contribution in [0.2, 0.25) is 5.02 Å². The maximum atomic E-state index is 12.7. The van der Waals surface area contributed by atoms with E-state index in [9.17, 15) is 9.59 Å². The van der Waals surface area contributed by atoms with Crippen molar-refractivity contribution < 1.29 is 14.3 Å². The molecular formula is C21H25ClN2O3. The van der Waals surface area contributed by atoms with Crippen LogP contribution in [0.3, 0.4) is 0 Å². The molecule has 2 rings (SSSR count). The highest BCUT2D eigenvalue weighted by Gasteiger charge is 2.22. The monoisotopic (exact) mass is 388 g/mol. The van der Waals surface area contributed by atoms with Gasteiger partial charge in [0.25, 0.3) is 11.8 Å². The summed E-state index contributed by atoms with van der Waals surface area (Å²) in [6.07, 6.45) is 0.554. The van der Waals surface area contributed by atoms with Crippen molar-refractivity contribution in [2.45, 2.75) is 45.8 Å². The Morgan fingerprint density at radius 1 is 1.04 bits per heavy atom. The van der Waals surface area contributed by atoms with Crippen molar-refractivity contribution in [3.8, 4) is 5.75 Å². The minimum atomic E-state index is -0.726. The molecule has 0 unspecified atom stereocenters. The van der Waals surface area contributed by atoms with Crippen LogP contribution >= 0.6 is 11.6 Å². The van der Waals surface area contributed by atoms with Crippen LogP contribution in [0.25, 0.3) is 0 Å². The second-order valence-corrected chi connectivity index (χ2v) is 6.67. The summed E-state index contributed by atoms with van der Waals surface area (Å²) in [5.41, 5.74) is 0.864. The Bertz CT molecular complexity index is 795. The largest absolute Gasteiger partial charge is 0.479 e. The summed E-state index contributed by atoms with van der Waals surface area (Å²) in [6, 6.07) is 14.0. The number of amides is 2. The molecule has 0 aromatic heterocycles. The minimum Gasteiger partial charge on any atom is -0.479 e. The molecule has 5 nitrogen and oxygen atoms in total. The normalized spacial score (nSPS) is 12.7. The molecule has 0 radical (unpaired) electrons. The van der Waals surface area contributed by atoms with E-state index < -0.39 is 6.10 Å². The molecule has 2 amide bonds. The molecule has 2 atom stereocenters. The van der Waals surface area contributed by atoms with E-state index in [0.29, 0.717) is 28.4 Å². The lowest BCUT2D eigenvalue weighted by molar-refractivity contribution is -0.122. The van der Waals surface area contributed by atoms with Crippen LogP contribution in [0.4, 0.5) is 5.69 Å². The summed E-state index contributed by atoms with van der Waals surface area (Å²) in [5, 5.41) is 6.16. The van der Waals surface area contributed by atoms with Crippen LogP contribution in [0.5, 0.6) is 5.75 Å². The number of halogens is 1. The van der Waals surface area contributed by atoms with E-state index in [1.165, 1.54) is 0 Å². The third-order valence-electron chi connectivity index (χ3n) is 4.19. The molecule has 0 aliphatic rings. The summed E-state index contributed by atoms with van der Waals surface area (Å²) in [4.78, 5) is 25.2. The van der Waals surface area contributed by atoms with Gasteiger partial charge >= 0.3 is 0 Å². The Balaban J connectivity index is 2.14. The van der Waals surface area contributed by atoms with Crippen molar-refractivity contribution in [3.63, 3.8) is 0 Å². The fourth-order valence-corrected chi connectivity index (χ4v) is 2.60. The molecule has 2 aromatic carbocycles. The number of rotatable bonds is 8. The number of anilines is 1. The molecule has 27 heavy (non-hydrogen) atoms. The SMILES string of the molecule is CC[C@@H](C)NC(=O)c1ccccc1NC(=O)[C@H](CC)Oc1ccccc1Cl. The molecule has 0 bridgehead atoms. The second-order valence-electron chi connectivity index (χ2n) is 6.26. The number of carbonyl (C=O) groups excluding carboxylic acids is 2. The number of carbonyl (C=O) groups is 2. The Morgan fingerprint density at radius 3 is 2.37 bits per heavy atom. The zero-order valence-corrected chi connectivity index (χ0v) is 16.5. The Labute approximate surface area is 165 Å². The third kappa shape index (κ3) is 5.73. The molecule has 2 N–H and O–H groups in total. The lowest BCUT2D eigenvalue weighted by Crippen LogP contribution is -2.35. The van der Waals surface area contributed by atoms with E-state index in [1.807, 2.05) is 20.8 Å². The van der Waals surface area contributed by atoms with Crippen molar-refractivity contribution in [2.75, 3.05) is 5.32 Å². The van der Waals surface area contributed by atoms with Gasteiger partial charge in [0, 0.05) is 6.04 Å². The first-order chi connectivity index (χ1) is 13.0. The van der Waals surface area contributed by atoms with Gasteiger partial charge in [-0.1, -0.05) is 49.7 Å². The molecule has 0 aliphatic heterocycles. The van der Waals surface area contributed by atoms with Gasteiger partial charge in [-0.2, -0.15) is 0 Å². The highest BCUT2D eigenvalue weighted by Crippen LogP contribution is 2.25. The van der Waals surface area contributed by atoms with E-state index in [1.54, 1.807) is 48.5 Å². The van der Waals surface area contributed by atoms with E-state index in [2.05, 4.69) is 10.6 Å². The van der Waals surface area contributed by atoms with E-state index in [0.717, 1.165) is 6.42 Å². The number of ether oxygens (including phenoxy) is 1. The van der Waals surface area contributed by atoms with Crippen LogP contribution < -0.4 is 15.4 Å². The van der Waals surface area contributed by atoms with E-state index in [-0.39, 0.29) is 17.9 Å². The number of benzene rings is 2. The average Bonchev–Trinajstić information content (AvgIpc) is 2.67. The summed E-state index contributed by atoms with van der Waals surface area (Å²) < 4.78 is 5.77. The molecular weight excluding hydrogens is 364 g/mol. The van der Waals surface area contributed by atoms with Crippen molar-refractivity contribution >= 4 is 29.1 Å². The number of hydrogen-bond acceptors (Lipinski definition) is 3. The molecule has 0 spiro atoms. The van der Waals surface area contributed by atoms with Crippen molar-refractivity contribution in [1.82, 2.24) is 5.32 Å². The van der Waals surface area contributed by atoms with Crippen molar-refractivity contribution in [1.29, 1.82) is 0 Å². The Hall–Kier alpha value is -2.53. The molecule has 0 aliphatic carbocycles. The lowest BCUT2D eigenvalue weighted by atomic mass is 10.1. The van der Waals surface area contributed by atoms with Crippen LogP contribution in [-0.2, 0) is 4.79 Å². The Morgan fingerprint density at radius 2 is 1.70 bits per heavy atom. The quantitative estimate of drug-likeness (QED) is 0.690. The predicted octanol–water partition coefficient (Wildman–Crippen LogP) is 4.66. The lowest BCUT2D eigenvalue weighted by Gasteiger charge is -2.19. The summed E-state index contributed by atoms with van der Waals surface area (Å²) >= 11 is 6.11. The molecule has 144 valence electrons. The van der Waals surface area contributed by atoms with Crippen molar-refractivity contribution in [2.24, 2.45) is 0 Å². The molecule has 2 aromatic rings. The van der Waals surface area contributed by atoms with Gasteiger partial charge in [-0.05, 0) is 44.0 Å². The minimum absolute atomic E-state index is 0.0493. The maximum absolute atomic E-state index is 12.7. The van der Waals surface area contributed by atoms with Crippen LogP contribution in [0.1, 0.15) is 44.0 Å². The summed E-state index contributed by atoms with van der Waals surface area (Å²) in [5.74, 6) is -0.106. The topological polar surface area (TPSA) is 67.4 Å². The summed E-state index contributed by atoms with van der Waals surface area (Å²) in [7, 11) is 0. The van der Waals surface area contributed by atoms with Gasteiger partial charge in [0.1, 0.15) is 5.75 Å². The van der Waals surface area contributed by atoms with Gasteiger partial charge in [-0.15, -0.1) is 0 Å². The zero-order valence-electron chi connectivity index (χ0n) is 15.8. The maximum Gasteiger partial charge on any atom is 0.265 e. The number of hydrogen-bond donors (Lipinski definition) is 2. The fourth-order valence-electron chi connectivity index (χ4n) is 2.42. The third-order valence-corrected chi connectivity index (χ3v) is 4.50. The first-order valence-electron chi connectivity index (χ1n) is 9.08. The predicted molar refractivity (Wildman–Crippen MR) is 108 cm³/mol. The summed E-state index contributed by atoms with van der Waals surface area (Å²) in [6.45, 7) is 5.78. The average molecular weight is 389 g/mol. The molecule has 0 saturated heterocycles. The van der Waals surface area contributed by atoms with Gasteiger partial charge in [0.05, 0.1) is 16.3 Å². The molecule has 0 saturated carbocycles. The van der Waals surface area contributed by atoms with Gasteiger partial charge in [-0.3, -0.25) is 9.59 Å². The first kappa shape index (κ1) is 20.8. The molecule has 0 heterocycles. The highest BCUT2D eigenvalue weighted by atomic mass is 35.5. The van der Waals surface area contributed by atoms with E-state index >= 15 is 0 Å². The zero-order chi connectivity index (χ0) is 19.8. The van der Waals surface area contributed by atoms with Crippen molar-refractivity contribution in [3.05, 3.63) is 59.1 Å². The Kier molecular flexibility index (Phi) is 7.67. The van der Waals surface area contributed by atoms with Gasteiger partial charge < -0.3 is 15.4 Å². The van der Waals surface area contributed by atoms with Crippen LogP contribution in [0, 0.1) is 0 Å².